The molecule has 4 nitrogen and oxygen atoms in total. The SMILES string of the molecule is O=C(CSc1ncc(-c2ccccc2)n1C1CC1)Nc1ccc(Br)cc1F. The van der Waals surface area contributed by atoms with Gasteiger partial charge in [0.2, 0.25) is 5.91 Å². The fraction of sp³-hybridized carbons (Fsp3) is 0.200. The lowest BCUT2D eigenvalue weighted by atomic mass is 10.2. The molecule has 0 atom stereocenters. The summed E-state index contributed by atoms with van der Waals surface area (Å²) in [7, 11) is 0. The molecule has 0 unspecified atom stereocenters. The van der Waals surface area contributed by atoms with E-state index in [9.17, 15) is 9.18 Å². The first kappa shape index (κ1) is 18.3. The Morgan fingerprint density at radius 3 is 2.74 bits per heavy atom. The minimum Gasteiger partial charge on any atom is -0.323 e. The molecule has 3 aromatic rings. The zero-order chi connectivity index (χ0) is 18.8. The number of hydrogen-bond donors (Lipinski definition) is 1. The molecule has 1 amide bonds. The van der Waals surface area contributed by atoms with Crippen LogP contribution in [0.2, 0.25) is 0 Å². The number of nitrogens with one attached hydrogen (secondary N) is 1. The number of benzene rings is 2. The first-order valence-corrected chi connectivity index (χ1v) is 10.4. The first-order valence-electron chi connectivity index (χ1n) is 8.62. The van der Waals surface area contributed by atoms with Crippen LogP contribution in [0.1, 0.15) is 18.9 Å². The average Bonchev–Trinajstić information content (AvgIpc) is 3.42. The molecule has 1 aromatic heterocycles. The molecule has 1 aliphatic rings. The summed E-state index contributed by atoms with van der Waals surface area (Å²) in [4.78, 5) is 16.8. The van der Waals surface area contributed by atoms with Gasteiger partial charge >= 0.3 is 0 Å². The lowest BCUT2D eigenvalue weighted by Gasteiger charge is -2.11. The van der Waals surface area contributed by atoms with Crippen LogP contribution in [-0.2, 0) is 4.79 Å². The van der Waals surface area contributed by atoms with Crippen molar-refractivity contribution in [2.24, 2.45) is 0 Å². The predicted molar refractivity (Wildman–Crippen MR) is 109 cm³/mol. The Hall–Kier alpha value is -2.12. The molecule has 1 heterocycles. The molecule has 0 spiro atoms. The third-order valence-corrected chi connectivity index (χ3v) is 5.74. The highest BCUT2D eigenvalue weighted by atomic mass is 79.9. The van der Waals surface area contributed by atoms with Gasteiger partial charge in [-0.1, -0.05) is 58.0 Å². The van der Waals surface area contributed by atoms with Gasteiger partial charge < -0.3 is 9.88 Å². The number of amides is 1. The normalized spacial score (nSPS) is 13.6. The monoisotopic (exact) mass is 445 g/mol. The van der Waals surface area contributed by atoms with Gasteiger partial charge in [0, 0.05) is 10.5 Å². The van der Waals surface area contributed by atoms with Crippen LogP contribution in [0.15, 0.2) is 64.4 Å². The maximum absolute atomic E-state index is 13.9. The lowest BCUT2D eigenvalue weighted by molar-refractivity contribution is -0.113. The van der Waals surface area contributed by atoms with Gasteiger partial charge in [-0.05, 0) is 36.6 Å². The molecule has 7 heteroatoms. The van der Waals surface area contributed by atoms with E-state index >= 15 is 0 Å². The van der Waals surface area contributed by atoms with Crippen molar-refractivity contribution in [3.8, 4) is 11.3 Å². The molecular formula is C20H17BrFN3OS. The van der Waals surface area contributed by atoms with Crippen LogP contribution in [-0.4, -0.2) is 21.2 Å². The highest BCUT2D eigenvalue weighted by molar-refractivity contribution is 9.10. The maximum atomic E-state index is 13.9. The first-order chi connectivity index (χ1) is 13.1. The summed E-state index contributed by atoms with van der Waals surface area (Å²) in [6.45, 7) is 0. The number of halogens is 2. The number of rotatable bonds is 6. The van der Waals surface area contributed by atoms with Crippen molar-refractivity contribution in [2.75, 3.05) is 11.1 Å². The third kappa shape index (κ3) is 4.25. The number of aromatic nitrogens is 2. The molecule has 27 heavy (non-hydrogen) atoms. The van der Waals surface area contributed by atoms with E-state index < -0.39 is 5.82 Å². The topological polar surface area (TPSA) is 46.9 Å². The molecule has 1 aliphatic carbocycles. The predicted octanol–water partition coefficient (Wildman–Crippen LogP) is 5.52. The quantitative estimate of drug-likeness (QED) is 0.508. The van der Waals surface area contributed by atoms with Crippen LogP contribution in [0.5, 0.6) is 0 Å². The van der Waals surface area contributed by atoms with Crippen LogP contribution in [0.4, 0.5) is 10.1 Å². The Labute approximate surface area is 169 Å². The molecule has 2 aromatic carbocycles. The minimum absolute atomic E-state index is 0.174. The summed E-state index contributed by atoms with van der Waals surface area (Å²) in [5.74, 6) is -0.547. The summed E-state index contributed by atoms with van der Waals surface area (Å²) < 4.78 is 16.7. The van der Waals surface area contributed by atoms with Gasteiger partial charge in [0.05, 0.1) is 23.3 Å². The Balaban J connectivity index is 1.47. The van der Waals surface area contributed by atoms with E-state index in [1.54, 1.807) is 12.1 Å². The Kier molecular flexibility index (Phi) is 5.31. The van der Waals surface area contributed by atoms with E-state index in [4.69, 9.17) is 0 Å². The van der Waals surface area contributed by atoms with Crippen molar-refractivity contribution in [3.63, 3.8) is 0 Å². The zero-order valence-electron chi connectivity index (χ0n) is 14.4. The minimum atomic E-state index is -0.464. The van der Waals surface area contributed by atoms with Crippen LogP contribution in [0.25, 0.3) is 11.3 Å². The van der Waals surface area contributed by atoms with E-state index in [1.165, 1.54) is 17.8 Å². The summed E-state index contributed by atoms with van der Waals surface area (Å²) in [6, 6.07) is 15.1. The van der Waals surface area contributed by atoms with Crippen molar-refractivity contribution < 1.29 is 9.18 Å². The molecule has 4 rings (SSSR count). The fourth-order valence-corrected chi connectivity index (χ4v) is 4.05. The highest BCUT2D eigenvalue weighted by Crippen LogP contribution is 2.41. The average molecular weight is 446 g/mol. The van der Waals surface area contributed by atoms with Gasteiger partial charge in [0.15, 0.2) is 5.16 Å². The number of imidazole rings is 1. The summed E-state index contributed by atoms with van der Waals surface area (Å²) >= 11 is 4.58. The Morgan fingerprint density at radius 1 is 1.26 bits per heavy atom. The molecule has 138 valence electrons. The second-order valence-corrected chi connectivity index (χ2v) is 8.21. The van der Waals surface area contributed by atoms with E-state index in [0.29, 0.717) is 10.5 Å². The molecular weight excluding hydrogens is 429 g/mol. The van der Waals surface area contributed by atoms with Crippen LogP contribution < -0.4 is 5.32 Å². The fourth-order valence-electron chi connectivity index (χ4n) is 2.87. The van der Waals surface area contributed by atoms with E-state index in [-0.39, 0.29) is 17.3 Å². The number of nitrogens with zero attached hydrogens (tertiary/aromatic N) is 2. The van der Waals surface area contributed by atoms with Gasteiger partial charge in [-0.15, -0.1) is 0 Å². The molecule has 1 N–H and O–H groups in total. The van der Waals surface area contributed by atoms with Gasteiger partial charge in [0.25, 0.3) is 0 Å². The standard InChI is InChI=1S/C20H17BrFN3OS/c21-14-6-9-17(16(22)10-14)24-19(26)12-27-20-23-11-18(25(20)15-7-8-15)13-4-2-1-3-5-13/h1-6,9-11,15H,7-8,12H2,(H,24,26). The molecule has 0 radical (unpaired) electrons. The van der Waals surface area contributed by atoms with Crippen LogP contribution >= 0.6 is 27.7 Å². The van der Waals surface area contributed by atoms with E-state index in [2.05, 4.69) is 42.9 Å². The zero-order valence-corrected chi connectivity index (χ0v) is 16.8. The summed E-state index contributed by atoms with van der Waals surface area (Å²) in [5.41, 5.74) is 2.37. The summed E-state index contributed by atoms with van der Waals surface area (Å²) in [6.07, 6.45) is 4.11. The van der Waals surface area contributed by atoms with Gasteiger partial charge in [0.1, 0.15) is 5.82 Å². The van der Waals surface area contributed by atoms with Gasteiger partial charge in [-0.3, -0.25) is 4.79 Å². The molecule has 0 bridgehead atoms. The number of anilines is 1. The third-order valence-electron chi connectivity index (χ3n) is 4.28. The Bertz CT molecular complexity index is 973. The van der Waals surface area contributed by atoms with Crippen molar-refractivity contribution in [2.45, 2.75) is 24.0 Å². The van der Waals surface area contributed by atoms with Crippen molar-refractivity contribution in [3.05, 3.63) is 65.0 Å². The lowest BCUT2D eigenvalue weighted by Crippen LogP contribution is -2.15. The second kappa shape index (κ2) is 7.86. The van der Waals surface area contributed by atoms with Crippen molar-refractivity contribution in [1.82, 2.24) is 9.55 Å². The number of hydrogen-bond acceptors (Lipinski definition) is 3. The smallest absolute Gasteiger partial charge is 0.234 e. The summed E-state index contributed by atoms with van der Waals surface area (Å²) in [5, 5.41) is 3.44. The highest BCUT2D eigenvalue weighted by Gasteiger charge is 2.29. The maximum Gasteiger partial charge on any atom is 0.234 e. The van der Waals surface area contributed by atoms with Gasteiger partial charge in [-0.25, -0.2) is 9.37 Å². The molecule has 0 aliphatic heterocycles. The van der Waals surface area contributed by atoms with Crippen LogP contribution in [0.3, 0.4) is 0 Å². The number of carbonyl (C=O) groups is 1. The second-order valence-electron chi connectivity index (χ2n) is 6.35. The molecule has 1 saturated carbocycles. The Morgan fingerprint density at radius 2 is 2.04 bits per heavy atom. The van der Waals surface area contributed by atoms with E-state index in [1.807, 2.05) is 24.4 Å². The largest absolute Gasteiger partial charge is 0.323 e. The van der Waals surface area contributed by atoms with Crippen LogP contribution in [0, 0.1) is 5.82 Å². The van der Waals surface area contributed by atoms with Crippen molar-refractivity contribution >= 4 is 39.3 Å². The van der Waals surface area contributed by atoms with E-state index in [0.717, 1.165) is 29.3 Å². The van der Waals surface area contributed by atoms with Gasteiger partial charge in [-0.2, -0.15) is 0 Å². The molecule has 0 saturated heterocycles. The number of thioether (sulfide) groups is 1. The number of carbonyl (C=O) groups excluding carboxylic acids is 1. The molecule has 1 fully saturated rings. The van der Waals surface area contributed by atoms with Crippen molar-refractivity contribution in [1.29, 1.82) is 0 Å².